The van der Waals surface area contributed by atoms with Gasteiger partial charge in [0.1, 0.15) is 5.82 Å². The second-order valence-electron chi connectivity index (χ2n) is 3.72. The van der Waals surface area contributed by atoms with E-state index >= 15 is 0 Å². The number of carbonyl (C=O) groups excluding carboxylic acids is 1. The van der Waals surface area contributed by atoms with Gasteiger partial charge < -0.3 is 4.90 Å². The highest BCUT2D eigenvalue weighted by molar-refractivity contribution is 7.17. The summed E-state index contributed by atoms with van der Waals surface area (Å²) in [4.78, 5) is 13.3. The third kappa shape index (κ3) is 3.20. The van der Waals surface area contributed by atoms with Gasteiger partial charge >= 0.3 is 0 Å². The van der Waals surface area contributed by atoms with Crippen LogP contribution in [0, 0.1) is 5.82 Å². The second-order valence-corrected chi connectivity index (χ2v) is 5.69. The van der Waals surface area contributed by atoms with E-state index in [0.717, 1.165) is 11.3 Å². The first-order valence-corrected chi connectivity index (χ1v) is 6.73. The van der Waals surface area contributed by atoms with Crippen LogP contribution in [0.3, 0.4) is 0 Å². The first-order valence-electron chi connectivity index (χ1n) is 5.16. The van der Waals surface area contributed by atoms with E-state index in [1.807, 2.05) is 0 Å². The highest BCUT2D eigenvalue weighted by Crippen LogP contribution is 2.22. The average Bonchev–Trinajstić information content (AvgIpc) is 2.79. The van der Waals surface area contributed by atoms with Gasteiger partial charge in [-0.3, -0.25) is 4.79 Å². The lowest BCUT2D eigenvalue weighted by Gasteiger charge is -2.16. The van der Waals surface area contributed by atoms with Crippen molar-refractivity contribution >= 4 is 40.4 Å². The predicted octanol–water partition coefficient (Wildman–Crippen LogP) is 3.26. The van der Waals surface area contributed by atoms with Gasteiger partial charge in [-0.25, -0.2) is 4.39 Å². The van der Waals surface area contributed by atoms with Crippen molar-refractivity contribution in [3.63, 3.8) is 0 Å². The van der Waals surface area contributed by atoms with E-state index in [9.17, 15) is 9.18 Å². The molecule has 0 fully saturated rings. The van der Waals surface area contributed by atoms with Crippen molar-refractivity contribution in [2.75, 3.05) is 7.05 Å². The maximum absolute atomic E-state index is 13.6. The Labute approximate surface area is 122 Å². The molecule has 4 nitrogen and oxygen atoms in total. The van der Waals surface area contributed by atoms with E-state index in [-0.39, 0.29) is 32.5 Å². The Kier molecular flexibility index (Phi) is 4.34. The zero-order valence-corrected chi connectivity index (χ0v) is 12.1. The number of hydrogen-bond acceptors (Lipinski definition) is 4. The van der Waals surface area contributed by atoms with E-state index < -0.39 is 5.82 Å². The van der Waals surface area contributed by atoms with E-state index in [0.29, 0.717) is 0 Å². The van der Waals surface area contributed by atoms with Gasteiger partial charge in [0, 0.05) is 17.6 Å². The SMILES string of the molecule is CN(Cc1c(F)cccc1Cl)C(=O)c1nnc(Cl)s1. The van der Waals surface area contributed by atoms with Gasteiger partial charge in [0.15, 0.2) is 0 Å². The van der Waals surface area contributed by atoms with E-state index in [1.165, 1.54) is 24.1 Å². The summed E-state index contributed by atoms with van der Waals surface area (Å²) in [5.74, 6) is -0.842. The lowest BCUT2D eigenvalue weighted by molar-refractivity contribution is 0.0782. The highest BCUT2D eigenvalue weighted by Gasteiger charge is 2.19. The smallest absolute Gasteiger partial charge is 0.284 e. The first-order chi connectivity index (χ1) is 8.99. The lowest BCUT2D eigenvalue weighted by atomic mass is 10.2. The Morgan fingerprint density at radius 1 is 1.42 bits per heavy atom. The van der Waals surface area contributed by atoms with Crippen LogP contribution in [0.5, 0.6) is 0 Å². The molecule has 0 aliphatic rings. The summed E-state index contributed by atoms with van der Waals surface area (Å²) >= 11 is 12.5. The van der Waals surface area contributed by atoms with Crippen LogP contribution in [0.25, 0.3) is 0 Å². The molecule has 2 aromatic rings. The minimum absolute atomic E-state index is 0.0432. The Balaban J connectivity index is 2.17. The molecular weight excluding hydrogens is 312 g/mol. The summed E-state index contributed by atoms with van der Waals surface area (Å²) in [5, 5.41) is 7.62. The van der Waals surface area contributed by atoms with Crippen LogP contribution in [0.15, 0.2) is 18.2 Å². The van der Waals surface area contributed by atoms with Crippen LogP contribution in [0.2, 0.25) is 9.49 Å². The molecule has 0 spiro atoms. The van der Waals surface area contributed by atoms with Crippen LogP contribution in [-0.2, 0) is 6.54 Å². The van der Waals surface area contributed by atoms with Gasteiger partial charge in [-0.2, -0.15) is 0 Å². The summed E-state index contributed by atoms with van der Waals surface area (Å²) in [6, 6.07) is 4.37. The quantitative estimate of drug-likeness (QED) is 0.872. The van der Waals surface area contributed by atoms with Crippen molar-refractivity contribution in [3.05, 3.63) is 44.1 Å². The maximum atomic E-state index is 13.6. The molecule has 0 saturated carbocycles. The maximum Gasteiger partial charge on any atom is 0.284 e. The second kappa shape index (κ2) is 5.81. The fourth-order valence-corrected chi connectivity index (χ4v) is 2.49. The summed E-state index contributed by atoms with van der Waals surface area (Å²) in [6.45, 7) is 0.0432. The normalized spacial score (nSPS) is 10.5. The molecule has 0 aliphatic heterocycles. The Morgan fingerprint density at radius 3 is 2.74 bits per heavy atom. The number of aromatic nitrogens is 2. The molecule has 0 bridgehead atoms. The third-order valence-corrected chi connectivity index (χ3v) is 3.75. The van der Waals surface area contributed by atoms with E-state index in [2.05, 4.69) is 10.2 Å². The minimum Gasteiger partial charge on any atom is -0.335 e. The number of halogens is 3. The molecule has 0 saturated heterocycles. The van der Waals surface area contributed by atoms with Crippen LogP contribution in [0.4, 0.5) is 4.39 Å². The summed E-state index contributed by atoms with van der Waals surface area (Å²) in [7, 11) is 1.53. The predicted molar refractivity (Wildman–Crippen MR) is 72.1 cm³/mol. The molecule has 0 N–H and O–H groups in total. The van der Waals surface area contributed by atoms with Gasteiger partial charge in [-0.15, -0.1) is 10.2 Å². The Hall–Kier alpha value is -1.24. The van der Waals surface area contributed by atoms with Crippen molar-refractivity contribution in [1.29, 1.82) is 0 Å². The van der Waals surface area contributed by atoms with Gasteiger partial charge in [0.05, 0.1) is 6.54 Å². The number of amides is 1. The van der Waals surface area contributed by atoms with E-state index in [4.69, 9.17) is 23.2 Å². The molecule has 100 valence electrons. The fraction of sp³-hybridized carbons (Fsp3) is 0.182. The molecule has 1 heterocycles. The van der Waals surface area contributed by atoms with Crippen molar-refractivity contribution < 1.29 is 9.18 Å². The van der Waals surface area contributed by atoms with Crippen molar-refractivity contribution in [3.8, 4) is 0 Å². The molecule has 1 amide bonds. The summed E-state index contributed by atoms with van der Waals surface area (Å²) in [5.41, 5.74) is 0.260. The number of nitrogens with zero attached hydrogens (tertiary/aromatic N) is 3. The zero-order chi connectivity index (χ0) is 14.0. The number of carbonyl (C=O) groups is 1. The minimum atomic E-state index is -0.456. The van der Waals surface area contributed by atoms with Gasteiger partial charge in [0.25, 0.3) is 5.91 Å². The van der Waals surface area contributed by atoms with Crippen molar-refractivity contribution in [2.24, 2.45) is 0 Å². The fourth-order valence-electron chi connectivity index (χ4n) is 1.45. The van der Waals surface area contributed by atoms with Gasteiger partial charge in [0.2, 0.25) is 9.47 Å². The molecule has 0 atom stereocenters. The highest BCUT2D eigenvalue weighted by atomic mass is 35.5. The molecule has 2 rings (SSSR count). The van der Waals surface area contributed by atoms with Crippen LogP contribution in [0.1, 0.15) is 15.4 Å². The summed E-state index contributed by atoms with van der Waals surface area (Å²) in [6.07, 6.45) is 0. The molecule has 0 aliphatic carbocycles. The van der Waals surface area contributed by atoms with Crippen molar-refractivity contribution in [2.45, 2.75) is 6.54 Å². The van der Waals surface area contributed by atoms with Crippen molar-refractivity contribution in [1.82, 2.24) is 15.1 Å². The standard InChI is InChI=1S/C11H8Cl2FN3OS/c1-17(10(18)9-15-16-11(13)19-9)5-6-7(12)3-2-4-8(6)14/h2-4H,5H2,1H3. The Bertz CT molecular complexity index is 599. The largest absolute Gasteiger partial charge is 0.335 e. The van der Waals surface area contributed by atoms with Crippen LogP contribution < -0.4 is 0 Å². The van der Waals surface area contributed by atoms with Crippen LogP contribution >= 0.6 is 34.5 Å². The molecular formula is C11H8Cl2FN3OS. The number of benzene rings is 1. The third-order valence-electron chi connectivity index (χ3n) is 2.39. The zero-order valence-electron chi connectivity index (χ0n) is 9.73. The molecule has 1 aromatic heterocycles. The Morgan fingerprint density at radius 2 is 2.16 bits per heavy atom. The first kappa shape index (κ1) is 14.2. The molecule has 0 radical (unpaired) electrons. The molecule has 1 aromatic carbocycles. The topological polar surface area (TPSA) is 46.1 Å². The molecule has 0 unspecified atom stereocenters. The number of hydrogen-bond donors (Lipinski definition) is 0. The molecule has 19 heavy (non-hydrogen) atoms. The van der Waals surface area contributed by atoms with Gasteiger partial charge in [-0.05, 0) is 23.7 Å². The van der Waals surface area contributed by atoms with Crippen LogP contribution in [-0.4, -0.2) is 28.1 Å². The molecule has 8 heteroatoms. The number of rotatable bonds is 3. The average molecular weight is 320 g/mol. The monoisotopic (exact) mass is 319 g/mol. The van der Waals surface area contributed by atoms with Gasteiger partial charge in [-0.1, -0.05) is 29.0 Å². The lowest BCUT2D eigenvalue weighted by Crippen LogP contribution is -2.26. The summed E-state index contributed by atoms with van der Waals surface area (Å²) < 4.78 is 13.8. The van der Waals surface area contributed by atoms with E-state index in [1.54, 1.807) is 6.07 Å².